The highest BCUT2D eigenvalue weighted by Crippen LogP contribution is 2.35. The van der Waals surface area contributed by atoms with Crippen LogP contribution >= 0.6 is 0 Å². The van der Waals surface area contributed by atoms with Gasteiger partial charge in [0, 0.05) is 18.2 Å². The van der Waals surface area contributed by atoms with E-state index in [0.717, 1.165) is 33.9 Å². The van der Waals surface area contributed by atoms with Crippen molar-refractivity contribution in [1.29, 1.82) is 0 Å². The third-order valence-corrected chi connectivity index (χ3v) is 4.69. The molecule has 0 N–H and O–H groups in total. The predicted molar refractivity (Wildman–Crippen MR) is 103 cm³/mol. The van der Waals surface area contributed by atoms with Gasteiger partial charge in [-0.2, -0.15) is 0 Å². The van der Waals surface area contributed by atoms with Gasteiger partial charge in [0.15, 0.2) is 5.82 Å². The molecule has 0 aliphatic heterocycles. The molecule has 2 aromatic heterocycles. The summed E-state index contributed by atoms with van der Waals surface area (Å²) in [6.45, 7) is 3.93. The maximum absolute atomic E-state index is 14.2. The second kappa shape index (κ2) is 6.79. The first-order chi connectivity index (χ1) is 13.0. The van der Waals surface area contributed by atoms with Crippen LogP contribution < -0.4 is 0 Å². The summed E-state index contributed by atoms with van der Waals surface area (Å²) in [5, 5.41) is 8.22. The van der Waals surface area contributed by atoms with E-state index < -0.39 is 0 Å². The Hall–Kier alpha value is -3.28. The number of benzene rings is 2. The molecule has 0 bridgehead atoms. The molecule has 0 saturated carbocycles. The lowest BCUT2D eigenvalue weighted by Gasteiger charge is -2.17. The Kier molecular flexibility index (Phi) is 4.32. The highest BCUT2D eigenvalue weighted by atomic mass is 19.1. The van der Waals surface area contributed by atoms with E-state index in [1.807, 2.05) is 66.4 Å². The molecule has 0 amide bonds. The SMILES string of the molecule is Cc1cc(F)cc(-c2c(-c3ccccc3)ncn2[C@@H](C)c2nncn2C)c1. The summed E-state index contributed by atoms with van der Waals surface area (Å²) < 4.78 is 18.1. The molecule has 0 saturated heterocycles. The van der Waals surface area contributed by atoms with Gasteiger partial charge in [-0.25, -0.2) is 9.37 Å². The van der Waals surface area contributed by atoms with Gasteiger partial charge in [-0.15, -0.1) is 10.2 Å². The van der Waals surface area contributed by atoms with Crippen LogP contribution in [0.4, 0.5) is 4.39 Å². The van der Waals surface area contributed by atoms with Crippen LogP contribution in [0.1, 0.15) is 24.4 Å². The molecular weight excluding hydrogens is 341 g/mol. The zero-order chi connectivity index (χ0) is 19.0. The Morgan fingerprint density at radius 1 is 1.00 bits per heavy atom. The molecule has 0 aliphatic rings. The van der Waals surface area contributed by atoms with Crippen molar-refractivity contribution in [3.63, 3.8) is 0 Å². The van der Waals surface area contributed by atoms with Gasteiger partial charge in [0.2, 0.25) is 0 Å². The Bertz CT molecular complexity index is 1060. The van der Waals surface area contributed by atoms with Crippen molar-refractivity contribution in [2.45, 2.75) is 19.9 Å². The second-order valence-electron chi connectivity index (χ2n) is 6.71. The Balaban J connectivity index is 1.95. The minimum atomic E-state index is -0.261. The lowest BCUT2D eigenvalue weighted by Crippen LogP contribution is -2.12. The molecule has 2 heterocycles. The first-order valence-electron chi connectivity index (χ1n) is 8.78. The van der Waals surface area contributed by atoms with Crippen LogP contribution in [0.2, 0.25) is 0 Å². The van der Waals surface area contributed by atoms with E-state index in [-0.39, 0.29) is 11.9 Å². The van der Waals surface area contributed by atoms with Crippen LogP contribution in [0.3, 0.4) is 0 Å². The van der Waals surface area contributed by atoms with Crippen molar-refractivity contribution in [3.8, 4) is 22.5 Å². The minimum Gasteiger partial charge on any atom is -0.319 e. The van der Waals surface area contributed by atoms with E-state index in [2.05, 4.69) is 15.2 Å². The summed E-state index contributed by atoms with van der Waals surface area (Å²) in [5.74, 6) is 0.546. The number of rotatable bonds is 4. The average Bonchev–Trinajstić information content (AvgIpc) is 3.27. The lowest BCUT2D eigenvalue weighted by molar-refractivity contribution is 0.577. The number of imidazole rings is 1. The molecule has 0 aliphatic carbocycles. The molecular formula is C21H20FN5. The summed E-state index contributed by atoms with van der Waals surface area (Å²) in [7, 11) is 1.91. The highest BCUT2D eigenvalue weighted by Gasteiger charge is 2.22. The van der Waals surface area contributed by atoms with Gasteiger partial charge < -0.3 is 9.13 Å². The molecule has 6 heteroatoms. The fourth-order valence-electron chi connectivity index (χ4n) is 3.42. The van der Waals surface area contributed by atoms with Crippen molar-refractivity contribution < 1.29 is 4.39 Å². The van der Waals surface area contributed by atoms with Crippen molar-refractivity contribution >= 4 is 0 Å². The molecule has 0 radical (unpaired) electrons. The van der Waals surface area contributed by atoms with Gasteiger partial charge in [-0.1, -0.05) is 30.3 Å². The van der Waals surface area contributed by atoms with Crippen molar-refractivity contribution in [1.82, 2.24) is 24.3 Å². The number of hydrogen-bond donors (Lipinski definition) is 0. The van der Waals surface area contributed by atoms with Crippen LogP contribution in [0.25, 0.3) is 22.5 Å². The standard InChI is InChI=1S/C21H20FN5/c1-14-9-17(11-18(22)10-14)20-19(16-7-5-4-6-8-16)23-12-27(20)15(2)21-25-24-13-26(21)3/h4-13,15H,1-3H3/t15-/m0/s1. The van der Waals surface area contributed by atoms with Crippen LogP contribution in [-0.2, 0) is 7.05 Å². The zero-order valence-corrected chi connectivity index (χ0v) is 15.5. The summed E-state index contributed by atoms with van der Waals surface area (Å²) in [6.07, 6.45) is 3.46. The van der Waals surface area contributed by atoms with E-state index in [1.54, 1.807) is 18.7 Å². The van der Waals surface area contributed by atoms with Gasteiger partial charge in [-0.3, -0.25) is 0 Å². The Labute approximate surface area is 157 Å². The van der Waals surface area contributed by atoms with E-state index in [1.165, 1.54) is 6.07 Å². The summed E-state index contributed by atoms with van der Waals surface area (Å²) in [4.78, 5) is 4.67. The van der Waals surface area contributed by atoms with Crippen LogP contribution in [0.15, 0.2) is 61.2 Å². The number of hydrogen-bond acceptors (Lipinski definition) is 3. The smallest absolute Gasteiger partial charge is 0.155 e. The normalized spacial score (nSPS) is 12.3. The van der Waals surface area contributed by atoms with Gasteiger partial charge in [-0.05, 0) is 37.6 Å². The quantitative estimate of drug-likeness (QED) is 0.541. The molecule has 1 atom stereocenters. The van der Waals surface area contributed by atoms with E-state index >= 15 is 0 Å². The highest BCUT2D eigenvalue weighted by molar-refractivity contribution is 5.79. The van der Waals surface area contributed by atoms with E-state index in [4.69, 9.17) is 0 Å². The minimum absolute atomic E-state index is 0.110. The molecule has 0 fully saturated rings. The summed E-state index contributed by atoms with van der Waals surface area (Å²) in [5.41, 5.74) is 4.31. The zero-order valence-electron chi connectivity index (χ0n) is 15.5. The fourth-order valence-corrected chi connectivity index (χ4v) is 3.42. The number of aromatic nitrogens is 5. The van der Waals surface area contributed by atoms with E-state index in [9.17, 15) is 4.39 Å². The summed E-state index contributed by atoms with van der Waals surface area (Å²) in [6, 6.07) is 14.9. The Morgan fingerprint density at radius 2 is 1.78 bits per heavy atom. The maximum atomic E-state index is 14.2. The van der Waals surface area contributed by atoms with Gasteiger partial charge in [0.1, 0.15) is 12.1 Å². The van der Waals surface area contributed by atoms with Gasteiger partial charge in [0.05, 0.1) is 23.8 Å². The second-order valence-corrected chi connectivity index (χ2v) is 6.71. The number of nitrogens with zero attached hydrogens (tertiary/aromatic N) is 5. The van der Waals surface area contributed by atoms with Crippen LogP contribution in [0.5, 0.6) is 0 Å². The molecule has 4 rings (SSSR count). The fraction of sp³-hybridized carbons (Fsp3) is 0.190. The molecule has 0 unspecified atom stereocenters. The average molecular weight is 361 g/mol. The topological polar surface area (TPSA) is 48.5 Å². The number of halogens is 1. The molecule has 136 valence electrons. The molecule has 2 aromatic carbocycles. The summed E-state index contributed by atoms with van der Waals surface area (Å²) >= 11 is 0. The third-order valence-electron chi connectivity index (χ3n) is 4.69. The first kappa shape index (κ1) is 17.1. The van der Waals surface area contributed by atoms with Crippen LogP contribution in [-0.4, -0.2) is 24.3 Å². The van der Waals surface area contributed by atoms with Crippen molar-refractivity contribution in [2.75, 3.05) is 0 Å². The number of aryl methyl sites for hydroxylation is 2. The monoisotopic (exact) mass is 361 g/mol. The first-order valence-corrected chi connectivity index (χ1v) is 8.78. The third kappa shape index (κ3) is 3.14. The molecule has 4 aromatic rings. The Morgan fingerprint density at radius 3 is 2.44 bits per heavy atom. The molecule has 27 heavy (non-hydrogen) atoms. The largest absolute Gasteiger partial charge is 0.319 e. The van der Waals surface area contributed by atoms with Gasteiger partial charge >= 0.3 is 0 Å². The van der Waals surface area contributed by atoms with E-state index in [0.29, 0.717) is 0 Å². The van der Waals surface area contributed by atoms with Crippen molar-refractivity contribution in [3.05, 3.63) is 78.4 Å². The van der Waals surface area contributed by atoms with Crippen LogP contribution in [0, 0.1) is 12.7 Å². The molecule has 5 nitrogen and oxygen atoms in total. The van der Waals surface area contributed by atoms with Crippen molar-refractivity contribution in [2.24, 2.45) is 7.05 Å². The predicted octanol–water partition coefficient (Wildman–Crippen LogP) is 4.40. The maximum Gasteiger partial charge on any atom is 0.155 e. The van der Waals surface area contributed by atoms with Gasteiger partial charge in [0.25, 0.3) is 0 Å². The lowest BCUT2D eigenvalue weighted by atomic mass is 10.0. The molecule has 0 spiro atoms.